The number of nitrogens with one attached hydrogen (secondary N) is 1. The molecule has 0 aromatic heterocycles. The molecule has 1 N–H and O–H groups in total. The second-order valence-electron chi connectivity index (χ2n) is 4.77. The Morgan fingerprint density at radius 1 is 1.09 bits per heavy atom. The van der Waals surface area contributed by atoms with E-state index < -0.39 is 10.0 Å². The van der Waals surface area contributed by atoms with Gasteiger partial charge in [-0.2, -0.15) is 18.4 Å². The Labute approximate surface area is 140 Å². The Balaban J connectivity index is 2.25. The molecule has 2 aromatic carbocycles. The molecule has 0 unspecified atom stereocenters. The number of halogens is 2. The van der Waals surface area contributed by atoms with Crippen molar-refractivity contribution in [2.45, 2.75) is 17.7 Å². The van der Waals surface area contributed by atoms with E-state index >= 15 is 0 Å². The third kappa shape index (κ3) is 5.04. The average molecular weight is 355 g/mol. The van der Waals surface area contributed by atoms with E-state index in [-0.39, 0.29) is 10.7 Å². The molecule has 0 amide bonds. The van der Waals surface area contributed by atoms with Crippen LogP contribution in [0.1, 0.15) is 18.4 Å². The topological polar surface area (TPSA) is 58.5 Å². The summed E-state index contributed by atoms with van der Waals surface area (Å²) < 4.78 is 37.4. The molecule has 0 fully saturated rings. The molecule has 2 rings (SSSR count). The minimum absolute atomic E-state index is 0.125. The van der Waals surface area contributed by atoms with Crippen LogP contribution < -0.4 is 4.83 Å². The van der Waals surface area contributed by atoms with Crippen LogP contribution in [-0.4, -0.2) is 20.0 Å². The van der Waals surface area contributed by atoms with Gasteiger partial charge >= 0.3 is 0 Å². The van der Waals surface area contributed by atoms with Crippen molar-refractivity contribution in [2.75, 3.05) is 5.88 Å². The van der Waals surface area contributed by atoms with Crippen LogP contribution in [0.2, 0.25) is 0 Å². The second kappa shape index (κ2) is 8.08. The molecule has 23 heavy (non-hydrogen) atoms. The zero-order valence-corrected chi connectivity index (χ0v) is 13.8. The van der Waals surface area contributed by atoms with E-state index in [9.17, 15) is 12.8 Å². The van der Waals surface area contributed by atoms with Crippen LogP contribution in [0.25, 0.3) is 0 Å². The first-order chi connectivity index (χ1) is 11.0. The maximum atomic E-state index is 13.0. The highest BCUT2D eigenvalue weighted by Crippen LogP contribution is 2.11. The van der Waals surface area contributed by atoms with E-state index in [4.69, 9.17) is 11.6 Å². The van der Waals surface area contributed by atoms with Gasteiger partial charge in [0.05, 0.1) is 10.6 Å². The third-order valence-corrected chi connectivity index (χ3v) is 4.57. The number of rotatable bonds is 7. The van der Waals surface area contributed by atoms with Gasteiger partial charge in [0.1, 0.15) is 5.82 Å². The number of hydrogen-bond donors (Lipinski definition) is 1. The number of alkyl halides is 1. The Hall–Kier alpha value is -1.92. The zero-order valence-electron chi connectivity index (χ0n) is 12.2. The summed E-state index contributed by atoms with van der Waals surface area (Å²) in [4.78, 5) is 2.35. The fourth-order valence-electron chi connectivity index (χ4n) is 1.91. The Bertz CT molecular complexity index is 762. The predicted molar refractivity (Wildman–Crippen MR) is 89.7 cm³/mol. The van der Waals surface area contributed by atoms with E-state index in [1.807, 2.05) is 0 Å². The highest BCUT2D eigenvalue weighted by molar-refractivity contribution is 7.89. The molecular weight excluding hydrogens is 339 g/mol. The lowest BCUT2D eigenvalue weighted by Crippen LogP contribution is -2.20. The van der Waals surface area contributed by atoms with Gasteiger partial charge in [0.15, 0.2) is 0 Å². The Morgan fingerprint density at radius 2 is 1.74 bits per heavy atom. The minimum atomic E-state index is -3.74. The van der Waals surface area contributed by atoms with Gasteiger partial charge in [0.25, 0.3) is 10.0 Å². The summed E-state index contributed by atoms with van der Waals surface area (Å²) >= 11 is 5.69. The van der Waals surface area contributed by atoms with Gasteiger partial charge in [-0.05, 0) is 42.7 Å². The van der Waals surface area contributed by atoms with E-state index in [1.165, 1.54) is 24.3 Å². The van der Waals surface area contributed by atoms with Gasteiger partial charge in [-0.15, -0.1) is 11.6 Å². The van der Waals surface area contributed by atoms with Gasteiger partial charge in [0.2, 0.25) is 0 Å². The Kier molecular flexibility index (Phi) is 6.12. The lowest BCUT2D eigenvalue weighted by molar-refractivity contribution is 0.584. The molecule has 0 radical (unpaired) electrons. The molecule has 4 nitrogen and oxygen atoms in total. The van der Waals surface area contributed by atoms with Crippen LogP contribution in [0.3, 0.4) is 0 Å². The molecule has 0 aliphatic carbocycles. The van der Waals surface area contributed by atoms with Crippen LogP contribution in [-0.2, 0) is 10.0 Å². The van der Waals surface area contributed by atoms with Crippen LogP contribution in [0.4, 0.5) is 4.39 Å². The highest BCUT2D eigenvalue weighted by atomic mass is 35.5. The third-order valence-electron chi connectivity index (χ3n) is 3.08. The average Bonchev–Trinajstić information content (AvgIpc) is 2.57. The van der Waals surface area contributed by atoms with Crippen LogP contribution >= 0.6 is 11.6 Å². The predicted octanol–water partition coefficient (Wildman–Crippen LogP) is 3.53. The smallest absolute Gasteiger partial charge is 0.207 e. The first kappa shape index (κ1) is 17.4. The van der Waals surface area contributed by atoms with Gasteiger partial charge in [-0.3, -0.25) is 0 Å². The van der Waals surface area contributed by atoms with Gasteiger partial charge in [-0.25, -0.2) is 4.39 Å². The summed E-state index contributed by atoms with van der Waals surface area (Å²) in [6.07, 6.45) is 1.11. The molecule has 122 valence electrons. The normalized spacial score (nSPS) is 12.2. The number of sulfonamides is 1. The Morgan fingerprint density at radius 3 is 2.35 bits per heavy atom. The molecular formula is C16H16ClFN2O2S. The monoisotopic (exact) mass is 354 g/mol. The summed E-state index contributed by atoms with van der Waals surface area (Å²) in [7, 11) is -3.74. The first-order valence-electron chi connectivity index (χ1n) is 6.98. The highest BCUT2D eigenvalue weighted by Gasteiger charge is 2.13. The number of benzene rings is 2. The standard InChI is InChI=1S/C16H16ClFN2O2S/c17-12-4-7-16(13-8-10-14(18)11-9-13)19-20-23(21,22)15-5-2-1-3-6-15/h1-3,5-6,8-11,20H,4,7,12H2/b19-16-. The molecule has 0 aliphatic rings. The molecule has 0 heterocycles. The van der Waals surface area contributed by atoms with Crippen molar-refractivity contribution in [1.82, 2.24) is 4.83 Å². The molecule has 0 bridgehead atoms. The van der Waals surface area contributed by atoms with Gasteiger partial charge < -0.3 is 0 Å². The van der Waals surface area contributed by atoms with E-state index in [1.54, 1.807) is 30.3 Å². The number of hydrazone groups is 1. The maximum absolute atomic E-state index is 13.0. The summed E-state index contributed by atoms with van der Waals surface area (Å²) in [5.74, 6) is 0.0568. The quantitative estimate of drug-likeness (QED) is 0.470. The summed E-state index contributed by atoms with van der Waals surface area (Å²) in [6.45, 7) is 0. The molecule has 0 saturated heterocycles. The summed E-state index contributed by atoms with van der Waals surface area (Å²) in [5.41, 5.74) is 1.15. The molecule has 2 aromatic rings. The van der Waals surface area contributed by atoms with Crippen molar-refractivity contribution < 1.29 is 12.8 Å². The van der Waals surface area contributed by atoms with E-state index in [0.717, 1.165) is 0 Å². The molecule has 0 aliphatic heterocycles. The minimum Gasteiger partial charge on any atom is -0.207 e. The first-order valence-corrected chi connectivity index (χ1v) is 9.00. The molecule has 0 spiro atoms. The molecule has 0 saturated carbocycles. The molecule has 0 atom stereocenters. The van der Waals surface area contributed by atoms with Gasteiger partial charge in [-0.1, -0.05) is 30.3 Å². The second-order valence-corrected chi connectivity index (χ2v) is 6.80. The maximum Gasteiger partial charge on any atom is 0.276 e. The lowest BCUT2D eigenvalue weighted by Gasteiger charge is -2.08. The van der Waals surface area contributed by atoms with E-state index in [0.29, 0.717) is 30.0 Å². The van der Waals surface area contributed by atoms with Crippen molar-refractivity contribution >= 4 is 27.3 Å². The number of nitrogens with zero attached hydrogens (tertiary/aromatic N) is 1. The van der Waals surface area contributed by atoms with Crippen molar-refractivity contribution in [1.29, 1.82) is 0 Å². The fourth-order valence-corrected chi connectivity index (χ4v) is 2.89. The van der Waals surface area contributed by atoms with Gasteiger partial charge in [0, 0.05) is 5.88 Å². The van der Waals surface area contributed by atoms with E-state index in [2.05, 4.69) is 9.93 Å². The largest absolute Gasteiger partial charge is 0.276 e. The van der Waals surface area contributed by atoms with Crippen LogP contribution in [0, 0.1) is 5.82 Å². The van der Waals surface area contributed by atoms with Crippen molar-refractivity contribution in [2.24, 2.45) is 5.10 Å². The SMILES string of the molecule is O=S(=O)(N/N=C(/CCCCl)c1ccc(F)cc1)c1ccccc1. The van der Waals surface area contributed by atoms with Crippen molar-refractivity contribution in [3.63, 3.8) is 0 Å². The summed E-state index contributed by atoms with van der Waals surface area (Å²) in [5, 5.41) is 4.01. The number of hydrogen-bond acceptors (Lipinski definition) is 3. The lowest BCUT2D eigenvalue weighted by atomic mass is 10.1. The van der Waals surface area contributed by atoms with Crippen LogP contribution in [0.15, 0.2) is 64.6 Å². The fraction of sp³-hybridized carbons (Fsp3) is 0.188. The molecule has 7 heteroatoms. The summed E-state index contributed by atoms with van der Waals surface area (Å²) in [6, 6.07) is 13.7. The van der Waals surface area contributed by atoms with Crippen molar-refractivity contribution in [3.8, 4) is 0 Å². The van der Waals surface area contributed by atoms with Crippen LogP contribution in [0.5, 0.6) is 0 Å². The van der Waals surface area contributed by atoms with Crippen molar-refractivity contribution in [3.05, 3.63) is 66.0 Å². The zero-order chi connectivity index (χ0) is 16.7.